The third kappa shape index (κ3) is 4.55. The molecule has 0 radical (unpaired) electrons. The first kappa shape index (κ1) is 13.0. The maximum absolute atomic E-state index is 11.4. The van der Waals surface area contributed by atoms with Crippen molar-refractivity contribution < 1.29 is 14.3 Å². The Bertz CT molecular complexity index is 387. The maximum Gasteiger partial charge on any atom is 0.404 e. The molecule has 0 fully saturated rings. The van der Waals surface area contributed by atoms with Crippen molar-refractivity contribution in [3.63, 3.8) is 0 Å². The minimum Gasteiger partial charge on any atom is -0.448 e. The molecule has 0 aliphatic rings. The first-order valence-electron chi connectivity index (χ1n) is 5.43. The Morgan fingerprint density at radius 2 is 1.94 bits per heavy atom. The summed E-state index contributed by atoms with van der Waals surface area (Å²) in [6.07, 6.45) is -0.283. The third-order valence-corrected chi connectivity index (χ3v) is 2.20. The molecular weight excluding hydrogens is 220 g/mol. The maximum atomic E-state index is 11.4. The molecule has 0 aliphatic carbocycles. The number of nitrogens with two attached hydrogens (primary N) is 1. The van der Waals surface area contributed by atoms with Gasteiger partial charge in [0, 0.05) is 24.2 Å². The zero-order valence-corrected chi connectivity index (χ0v) is 9.73. The standard InChI is InChI=1S/C12H16N2O3/c1-2-11(15)9-3-5-10(6-4-9)14-7-8-17-12(13)16/h3-6,14H,2,7-8H2,1H3,(H2,13,16). The number of hydrogen-bond donors (Lipinski definition) is 2. The van der Waals surface area contributed by atoms with Crippen molar-refractivity contribution in [3.8, 4) is 0 Å². The summed E-state index contributed by atoms with van der Waals surface area (Å²) in [7, 11) is 0. The first-order valence-corrected chi connectivity index (χ1v) is 5.43. The summed E-state index contributed by atoms with van der Waals surface area (Å²) in [5, 5.41) is 3.04. The number of Topliss-reactive ketones (excluding diaryl/α,β-unsaturated/α-hetero) is 1. The van der Waals surface area contributed by atoms with Gasteiger partial charge in [-0.1, -0.05) is 6.92 Å². The van der Waals surface area contributed by atoms with Crippen LogP contribution in [0.15, 0.2) is 24.3 Å². The van der Waals surface area contributed by atoms with Crippen LogP contribution in [0.5, 0.6) is 0 Å². The highest BCUT2D eigenvalue weighted by Gasteiger charge is 2.02. The van der Waals surface area contributed by atoms with Crippen LogP contribution >= 0.6 is 0 Å². The van der Waals surface area contributed by atoms with Gasteiger partial charge in [0.1, 0.15) is 6.61 Å². The fourth-order valence-electron chi connectivity index (χ4n) is 1.33. The van der Waals surface area contributed by atoms with E-state index in [9.17, 15) is 9.59 Å². The van der Waals surface area contributed by atoms with Gasteiger partial charge in [0.25, 0.3) is 0 Å². The first-order chi connectivity index (χ1) is 8.13. The molecule has 1 rings (SSSR count). The van der Waals surface area contributed by atoms with Crippen LogP contribution in [0.25, 0.3) is 0 Å². The molecule has 3 N–H and O–H groups in total. The summed E-state index contributed by atoms with van der Waals surface area (Å²) in [5.74, 6) is 0.119. The molecule has 1 aromatic rings. The number of primary amides is 1. The highest BCUT2D eigenvalue weighted by Crippen LogP contribution is 2.10. The van der Waals surface area contributed by atoms with E-state index >= 15 is 0 Å². The van der Waals surface area contributed by atoms with Gasteiger partial charge in [-0.05, 0) is 24.3 Å². The molecule has 0 saturated carbocycles. The minimum absolute atomic E-state index is 0.119. The van der Waals surface area contributed by atoms with E-state index in [1.165, 1.54) is 0 Å². The number of hydrogen-bond acceptors (Lipinski definition) is 4. The molecule has 0 aliphatic heterocycles. The normalized spacial score (nSPS) is 9.71. The zero-order valence-electron chi connectivity index (χ0n) is 9.73. The molecule has 0 aromatic heterocycles. The van der Waals surface area contributed by atoms with Gasteiger partial charge in [-0.15, -0.1) is 0 Å². The average molecular weight is 236 g/mol. The van der Waals surface area contributed by atoms with Crippen LogP contribution in [0.4, 0.5) is 10.5 Å². The lowest BCUT2D eigenvalue weighted by molar-refractivity contribution is 0.0988. The van der Waals surface area contributed by atoms with E-state index in [-0.39, 0.29) is 12.4 Å². The molecular formula is C12H16N2O3. The Labute approximate surface area is 99.9 Å². The zero-order chi connectivity index (χ0) is 12.7. The fourth-order valence-corrected chi connectivity index (χ4v) is 1.33. The molecule has 0 atom stereocenters. The third-order valence-electron chi connectivity index (χ3n) is 2.20. The smallest absolute Gasteiger partial charge is 0.404 e. The van der Waals surface area contributed by atoms with Crippen LogP contribution < -0.4 is 11.1 Å². The quantitative estimate of drug-likeness (QED) is 0.582. The molecule has 0 bridgehead atoms. The van der Waals surface area contributed by atoms with Crippen molar-refractivity contribution in [2.24, 2.45) is 5.73 Å². The van der Waals surface area contributed by atoms with Crippen LogP contribution in [0, 0.1) is 0 Å². The van der Waals surface area contributed by atoms with Gasteiger partial charge in [0.05, 0.1) is 0 Å². The largest absolute Gasteiger partial charge is 0.448 e. The number of carbonyl (C=O) groups excluding carboxylic acids is 2. The molecule has 0 heterocycles. The second-order valence-electron chi connectivity index (χ2n) is 3.45. The highest BCUT2D eigenvalue weighted by atomic mass is 16.5. The molecule has 0 unspecified atom stereocenters. The Hall–Kier alpha value is -2.04. The summed E-state index contributed by atoms with van der Waals surface area (Å²) in [5.41, 5.74) is 6.38. The van der Waals surface area contributed by atoms with Crippen LogP contribution in [0.3, 0.4) is 0 Å². The lowest BCUT2D eigenvalue weighted by atomic mass is 10.1. The van der Waals surface area contributed by atoms with Gasteiger partial charge >= 0.3 is 6.09 Å². The van der Waals surface area contributed by atoms with Gasteiger partial charge in [-0.3, -0.25) is 4.79 Å². The van der Waals surface area contributed by atoms with E-state index in [2.05, 4.69) is 10.1 Å². The van der Waals surface area contributed by atoms with Crippen LogP contribution in [0.2, 0.25) is 0 Å². The van der Waals surface area contributed by atoms with E-state index in [1.807, 2.05) is 19.1 Å². The van der Waals surface area contributed by atoms with Crippen molar-refractivity contribution in [1.29, 1.82) is 0 Å². The molecule has 0 spiro atoms. The molecule has 17 heavy (non-hydrogen) atoms. The van der Waals surface area contributed by atoms with Crippen molar-refractivity contribution in [1.82, 2.24) is 0 Å². The van der Waals surface area contributed by atoms with Gasteiger partial charge in [-0.25, -0.2) is 4.79 Å². The van der Waals surface area contributed by atoms with Crippen molar-refractivity contribution in [2.75, 3.05) is 18.5 Å². The van der Waals surface area contributed by atoms with Crippen LogP contribution in [-0.2, 0) is 4.74 Å². The number of ketones is 1. The highest BCUT2D eigenvalue weighted by molar-refractivity contribution is 5.96. The Morgan fingerprint density at radius 3 is 2.47 bits per heavy atom. The predicted molar refractivity (Wildman–Crippen MR) is 65.1 cm³/mol. The fraction of sp³-hybridized carbons (Fsp3) is 0.333. The summed E-state index contributed by atoms with van der Waals surface area (Å²) in [6.45, 7) is 2.52. The number of amides is 1. The lowest BCUT2D eigenvalue weighted by Crippen LogP contribution is -2.18. The monoisotopic (exact) mass is 236 g/mol. The van der Waals surface area contributed by atoms with E-state index < -0.39 is 6.09 Å². The lowest BCUT2D eigenvalue weighted by Gasteiger charge is -2.06. The summed E-state index contributed by atoms with van der Waals surface area (Å²) in [6, 6.07) is 7.16. The molecule has 5 heteroatoms. The molecule has 1 aromatic carbocycles. The van der Waals surface area contributed by atoms with Gasteiger partial charge in [0.15, 0.2) is 5.78 Å². The topological polar surface area (TPSA) is 81.4 Å². The van der Waals surface area contributed by atoms with Gasteiger partial charge in [-0.2, -0.15) is 0 Å². The van der Waals surface area contributed by atoms with Crippen LogP contribution in [-0.4, -0.2) is 25.0 Å². The Kier molecular flexibility index (Phi) is 5.00. The average Bonchev–Trinajstić information content (AvgIpc) is 2.34. The number of nitrogens with one attached hydrogen (secondary N) is 1. The summed E-state index contributed by atoms with van der Waals surface area (Å²) in [4.78, 5) is 21.7. The van der Waals surface area contributed by atoms with Crippen molar-refractivity contribution >= 4 is 17.6 Å². The number of ether oxygens (including phenoxy) is 1. The van der Waals surface area contributed by atoms with E-state index in [4.69, 9.17) is 5.73 Å². The molecule has 5 nitrogen and oxygen atoms in total. The van der Waals surface area contributed by atoms with Gasteiger partial charge < -0.3 is 15.8 Å². The van der Waals surface area contributed by atoms with Gasteiger partial charge in [0.2, 0.25) is 0 Å². The van der Waals surface area contributed by atoms with Crippen molar-refractivity contribution in [2.45, 2.75) is 13.3 Å². The molecule has 92 valence electrons. The summed E-state index contributed by atoms with van der Waals surface area (Å²) >= 11 is 0. The van der Waals surface area contributed by atoms with E-state index in [0.29, 0.717) is 18.5 Å². The molecule has 0 saturated heterocycles. The van der Waals surface area contributed by atoms with Crippen LogP contribution in [0.1, 0.15) is 23.7 Å². The Balaban J connectivity index is 2.40. The van der Waals surface area contributed by atoms with E-state index in [0.717, 1.165) is 5.69 Å². The SMILES string of the molecule is CCC(=O)c1ccc(NCCOC(N)=O)cc1. The Morgan fingerprint density at radius 1 is 1.29 bits per heavy atom. The second kappa shape index (κ2) is 6.52. The number of rotatable bonds is 6. The number of anilines is 1. The van der Waals surface area contributed by atoms with E-state index in [1.54, 1.807) is 12.1 Å². The minimum atomic E-state index is -0.782. The predicted octanol–water partition coefficient (Wildman–Crippen LogP) is 1.79. The second-order valence-corrected chi connectivity index (χ2v) is 3.45. The number of carbonyl (C=O) groups is 2. The van der Waals surface area contributed by atoms with Crippen molar-refractivity contribution in [3.05, 3.63) is 29.8 Å². The summed E-state index contributed by atoms with van der Waals surface area (Å²) < 4.78 is 4.57. The number of benzene rings is 1. The molecule has 1 amide bonds.